The van der Waals surface area contributed by atoms with Gasteiger partial charge in [0.1, 0.15) is 13.1 Å². The van der Waals surface area contributed by atoms with Gasteiger partial charge >= 0.3 is 0 Å². The Morgan fingerprint density at radius 2 is 1.61 bits per heavy atom. The van der Waals surface area contributed by atoms with Gasteiger partial charge in [0.2, 0.25) is 5.91 Å². The number of piperazine rings is 1. The maximum Gasteiger partial charge on any atom is 0.242 e. The molecule has 5 heteroatoms. The summed E-state index contributed by atoms with van der Waals surface area (Å²) in [5.74, 6) is 0.196. The minimum absolute atomic E-state index is 0.196. The molecule has 0 atom stereocenters. The highest BCUT2D eigenvalue weighted by atomic mass is 16.2. The van der Waals surface area contributed by atoms with E-state index in [1.165, 1.54) is 15.8 Å². The third-order valence-electron chi connectivity index (χ3n) is 6.20. The first-order valence-electron chi connectivity index (χ1n) is 10.9. The van der Waals surface area contributed by atoms with Crippen molar-refractivity contribution in [3.63, 3.8) is 0 Å². The van der Waals surface area contributed by atoms with E-state index in [-0.39, 0.29) is 5.91 Å². The number of hydrogen-bond donors (Lipinski definition) is 1. The zero-order valence-corrected chi connectivity index (χ0v) is 17.6. The lowest BCUT2D eigenvalue weighted by Crippen LogP contribution is -3.13. The van der Waals surface area contributed by atoms with Crippen molar-refractivity contribution in [1.82, 2.24) is 14.5 Å². The topological polar surface area (TPSA) is 42.6 Å². The van der Waals surface area contributed by atoms with E-state index in [1.807, 2.05) is 47.6 Å². The molecule has 2 aromatic heterocycles. The molecule has 156 valence electrons. The number of nitrogens with one attached hydrogen (secondary N) is 1. The van der Waals surface area contributed by atoms with Crippen LogP contribution < -0.4 is 4.90 Å². The molecule has 1 amide bonds. The predicted molar refractivity (Wildman–Crippen MR) is 123 cm³/mol. The number of hydrogen-bond acceptors (Lipinski definition) is 2. The fourth-order valence-corrected chi connectivity index (χ4v) is 4.50. The molecule has 1 aliphatic heterocycles. The normalized spacial score (nSPS) is 14.8. The number of aromatic nitrogens is 2. The molecule has 0 spiro atoms. The van der Waals surface area contributed by atoms with Gasteiger partial charge < -0.3 is 14.4 Å². The van der Waals surface area contributed by atoms with Gasteiger partial charge in [-0.05, 0) is 29.8 Å². The van der Waals surface area contributed by atoms with E-state index in [1.54, 1.807) is 0 Å². The van der Waals surface area contributed by atoms with Crippen LogP contribution in [0.2, 0.25) is 0 Å². The van der Waals surface area contributed by atoms with Crippen molar-refractivity contribution >= 4 is 16.8 Å². The SMILES string of the molecule is O=C(Cn1c(-c2ccccc2)cc2ccccc21)N1CC[NH+](Cc2ccncc2)CC1. The molecule has 31 heavy (non-hydrogen) atoms. The van der Waals surface area contributed by atoms with E-state index in [0.717, 1.165) is 49.5 Å². The number of nitrogens with zero attached hydrogens (tertiary/aromatic N) is 3. The number of para-hydroxylation sites is 1. The standard InChI is InChI=1S/C26H26N4O/c31-26(29-16-14-28(15-17-29)19-21-10-12-27-13-11-21)20-30-24-9-5-4-8-23(24)18-25(30)22-6-2-1-3-7-22/h1-13,18H,14-17,19-20H2/p+1. The molecule has 0 aliphatic carbocycles. The van der Waals surface area contributed by atoms with Gasteiger partial charge in [-0.15, -0.1) is 0 Å². The van der Waals surface area contributed by atoms with Crippen LogP contribution in [0.1, 0.15) is 5.56 Å². The molecule has 3 heterocycles. The predicted octanol–water partition coefficient (Wildman–Crippen LogP) is 2.63. The maximum atomic E-state index is 13.2. The maximum absolute atomic E-state index is 13.2. The molecule has 5 rings (SSSR count). The first-order valence-corrected chi connectivity index (χ1v) is 10.9. The molecular formula is C26H27N4O+. The fourth-order valence-electron chi connectivity index (χ4n) is 4.50. The Bertz CT molecular complexity index is 1160. The molecule has 1 aliphatic rings. The molecule has 4 aromatic rings. The van der Waals surface area contributed by atoms with Gasteiger partial charge in [0.15, 0.2) is 0 Å². The Kier molecular flexibility index (Phi) is 5.50. The van der Waals surface area contributed by atoms with Gasteiger partial charge in [-0.25, -0.2) is 0 Å². The van der Waals surface area contributed by atoms with Crippen molar-refractivity contribution in [1.29, 1.82) is 0 Å². The van der Waals surface area contributed by atoms with Gasteiger partial charge in [-0.3, -0.25) is 9.78 Å². The van der Waals surface area contributed by atoms with E-state index in [0.29, 0.717) is 6.54 Å². The largest absolute Gasteiger partial charge is 0.331 e. The molecule has 0 bridgehead atoms. The Labute approximate surface area is 182 Å². The molecule has 1 N–H and O–H groups in total. The summed E-state index contributed by atoms with van der Waals surface area (Å²) < 4.78 is 2.17. The Balaban J connectivity index is 1.31. The summed E-state index contributed by atoms with van der Waals surface area (Å²) in [7, 11) is 0. The van der Waals surface area contributed by atoms with Crippen LogP contribution in [0.3, 0.4) is 0 Å². The molecule has 0 radical (unpaired) electrons. The van der Waals surface area contributed by atoms with Crippen molar-refractivity contribution in [2.24, 2.45) is 0 Å². The van der Waals surface area contributed by atoms with Crippen LogP contribution >= 0.6 is 0 Å². The molecule has 5 nitrogen and oxygen atoms in total. The summed E-state index contributed by atoms with van der Waals surface area (Å²) in [4.78, 5) is 20.9. The second-order valence-corrected chi connectivity index (χ2v) is 8.20. The average molecular weight is 412 g/mol. The van der Waals surface area contributed by atoms with Crippen molar-refractivity contribution in [3.8, 4) is 11.3 Å². The molecule has 1 fully saturated rings. The summed E-state index contributed by atoms with van der Waals surface area (Å²) >= 11 is 0. The van der Waals surface area contributed by atoms with Crippen molar-refractivity contribution in [2.75, 3.05) is 26.2 Å². The number of carbonyl (C=O) groups excluding carboxylic acids is 1. The summed E-state index contributed by atoms with van der Waals surface area (Å²) in [6, 6.07) is 25.0. The van der Waals surface area contributed by atoms with Crippen LogP contribution in [0.15, 0.2) is 85.2 Å². The number of quaternary nitrogens is 1. The van der Waals surface area contributed by atoms with Crippen molar-refractivity contribution in [2.45, 2.75) is 13.1 Å². The van der Waals surface area contributed by atoms with E-state index >= 15 is 0 Å². The summed E-state index contributed by atoms with van der Waals surface area (Å²) in [5.41, 5.74) is 4.64. The lowest BCUT2D eigenvalue weighted by molar-refractivity contribution is -0.917. The summed E-state index contributed by atoms with van der Waals surface area (Å²) in [6.07, 6.45) is 3.69. The van der Waals surface area contributed by atoms with Gasteiger partial charge in [0.25, 0.3) is 0 Å². The average Bonchev–Trinajstić information content (AvgIpc) is 3.19. The van der Waals surface area contributed by atoms with E-state index in [2.05, 4.69) is 52.0 Å². The van der Waals surface area contributed by atoms with E-state index in [9.17, 15) is 4.79 Å². The molecule has 0 unspecified atom stereocenters. The van der Waals surface area contributed by atoms with E-state index in [4.69, 9.17) is 0 Å². The Morgan fingerprint density at radius 3 is 2.39 bits per heavy atom. The van der Waals surface area contributed by atoms with Crippen LogP contribution in [0.4, 0.5) is 0 Å². The monoisotopic (exact) mass is 411 g/mol. The highest BCUT2D eigenvalue weighted by Gasteiger charge is 2.25. The number of fused-ring (bicyclic) bond motifs is 1. The van der Waals surface area contributed by atoms with Gasteiger partial charge in [0.05, 0.1) is 26.2 Å². The minimum atomic E-state index is 0.196. The lowest BCUT2D eigenvalue weighted by atomic mass is 10.1. The fraction of sp³-hybridized carbons (Fsp3) is 0.231. The first-order chi connectivity index (χ1) is 15.3. The van der Waals surface area contributed by atoms with Gasteiger partial charge in [0, 0.05) is 34.6 Å². The Hall–Kier alpha value is -3.44. The van der Waals surface area contributed by atoms with Crippen LogP contribution in [0.25, 0.3) is 22.2 Å². The van der Waals surface area contributed by atoms with Crippen molar-refractivity contribution < 1.29 is 9.69 Å². The van der Waals surface area contributed by atoms with Crippen LogP contribution in [-0.2, 0) is 17.9 Å². The minimum Gasteiger partial charge on any atom is -0.331 e. The van der Waals surface area contributed by atoms with Crippen molar-refractivity contribution in [3.05, 3.63) is 90.8 Å². The van der Waals surface area contributed by atoms with Crippen LogP contribution in [0, 0.1) is 0 Å². The lowest BCUT2D eigenvalue weighted by Gasteiger charge is -2.32. The number of pyridine rings is 1. The highest BCUT2D eigenvalue weighted by Crippen LogP contribution is 2.28. The van der Waals surface area contributed by atoms with E-state index < -0.39 is 0 Å². The quantitative estimate of drug-likeness (QED) is 0.549. The molecular weight excluding hydrogens is 384 g/mol. The Morgan fingerprint density at radius 1 is 0.903 bits per heavy atom. The van der Waals surface area contributed by atoms with Gasteiger partial charge in [-0.2, -0.15) is 0 Å². The van der Waals surface area contributed by atoms with Gasteiger partial charge in [-0.1, -0.05) is 48.5 Å². The second-order valence-electron chi connectivity index (χ2n) is 8.20. The smallest absolute Gasteiger partial charge is 0.242 e. The number of rotatable bonds is 5. The zero-order valence-electron chi connectivity index (χ0n) is 17.6. The number of amides is 1. The second kappa shape index (κ2) is 8.74. The van der Waals surface area contributed by atoms with Crippen LogP contribution in [0.5, 0.6) is 0 Å². The summed E-state index contributed by atoms with van der Waals surface area (Å²) in [6.45, 7) is 4.93. The third-order valence-corrected chi connectivity index (χ3v) is 6.20. The number of benzene rings is 2. The third kappa shape index (κ3) is 4.23. The number of carbonyl (C=O) groups is 1. The molecule has 1 saturated heterocycles. The first kappa shape index (κ1) is 19.5. The molecule has 0 saturated carbocycles. The molecule has 2 aromatic carbocycles. The summed E-state index contributed by atoms with van der Waals surface area (Å²) in [5, 5.41) is 1.17. The highest BCUT2D eigenvalue weighted by molar-refractivity contribution is 5.89. The zero-order chi connectivity index (χ0) is 21.0. The van der Waals surface area contributed by atoms with Crippen LogP contribution in [-0.4, -0.2) is 46.5 Å².